The lowest BCUT2D eigenvalue weighted by atomic mass is 10.1. The Morgan fingerprint density at radius 2 is 1.80 bits per heavy atom. The second-order valence-electron chi connectivity index (χ2n) is 4.52. The summed E-state index contributed by atoms with van der Waals surface area (Å²) in [6.45, 7) is 5.96. The van der Waals surface area contributed by atoms with Gasteiger partial charge in [-0.3, -0.25) is 14.5 Å². The van der Waals surface area contributed by atoms with Crippen molar-refractivity contribution in [1.29, 1.82) is 0 Å². The molecule has 1 aromatic carbocycles. The standard InChI is InChI=1S/C17H17NO2/c1-3-5-8-13(4-2)11-12-18-16(19)14-9-6-7-10-15(14)17(18)20/h3-10H,1,11-12H2,2H3/b8-5-,13-4+. The smallest absolute Gasteiger partial charge is 0.261 e. The monoisotopic (exact) mass is 267 g/mol. The van der Waals surface area contributed by atoms with Crippen LogP contribution < -0.4 is 0 Å². The first kappa shape index (κ1) is 14.0. The van der Waals surface area contributed by atoms with E-state index in [1.807, 2.05) is 25.2 Å². The summed E-state index contributed by atoms with van der Waals surface area (Å²) in [5, 5.41) is 0. The van der Waals surface area contributed by atoms with Crippen LogP contribution in [0.3, 0.4) is 0 Å². The molecule has 0 atom stereocenters. The van der Waals surface area contributed by atoms with Gasteiger partial charge in [0.1, 0.15) is 0 Å². The predicted octanol–water partition coefficient (Wildman–Crippen LogP) is 3.36. The minimum absolute atomic E-state index is 0.200. The van der Waals surface area contributed by atoms with Gasteiger partial charge in [-0.1, -0.05) is 48.6 Å². The molecule has 2 rings (SSSR count). The molecule has 2 amide bonds. The van der Waals surface area contributed by atoms with Gasteiger partial charge < -0.3 is 0 Å². The van der Waals surface area contributed by atoms with Crippen LogP contribution in [0.25, 0.3) is 0 Å². The molecule has 0 saturated heterocycles. The number of amides is 2. The van der Waals surface area contributed by atoms with E-state index in [0.29, 0.717) is 24.1 Å². The van der Waals surface area contributed by atoms with Gasteiger partial charge in [-0.15, -0.1) is 0 Å². The number of allylic oxidation sites excluding steroid dienone is 4. The third kappa shape index (κ3) is 2.62. The van der Waals surface area contributed by atoms with Crippen molar-refractivity contribution in [3.05, 3.63) is 71.8 Å². The summed E-state index contributed by atoms with van der Waals surface area (Å²) in [4.78, 5) is 25.7. The van der Waals surface area contributed by atoms with Crippen LogP contribution in [-0.2, 0) is 0 Å². The maximum Gasteiger partial charge on any atom is 0.261 e. The van der Waals surface area contributed by atoms with Gasteiger partial charge in [0.15, 0.2) is 0 Å². The molecule has 1 heterocycles. The molecule has 102 valence electrons. The molecular formula is C17H17NO2. The lowest BCUT2D eigenvalue weighted by Crippen LogP contribution is -2.30. The topological polar surface area (TPSA) is 37.4 Å². The normalized spacial score (nSPS) is 15.1. The average molecular weight is 267 g/mol. The Morgan fingerprint density at radius 3 is 2.30 bits per heavy atom. The van der Waals surface area contributed by atoms with E-state index >= 15 is 0 Å². The van der Waals surface area contributed by atoms with Gasteiger partial charge in [-0.2, -0.15) is 0 Å². The Bertz CT molecular complexity index is 576. The number of imide groups is 1. The number of nitrogens with zero attached hydrogens (tertiary/aromatic N) is 1. The summed E-state index contributed by atoms with van der Waals surface area (Å²) >= 11 is 0. The fourth-order valence-electron chi connectivity index (χ4n) is 2.20. The van der Waals surface area contributed by atoms with E-state index in [-0.39, 0.29) is 11.8 Å². The molecule has 3 nitrogen and oxygen atoms in total. The zero-order chi connectivity index (χ0) is 14.5. The number of hydrogen-bond acceptors (Lipinski definition) is 2. The van der Waals surface area contributed by atoms with Crippen LogP contribution in [0, 0.1) is 0 Å². The summed E-state index contributed by atoms with van der Waals surface area (Å²) in [6, 6.07) is 6.95. The second kappa shape index (κ2) is 6.15. The number of carbonyl (C=O) groups excluding carboxylic acids is 2. The molecule has 1 aliphatic heterocycles. The molecule has 0 bridgehead atoms. The summed E-state index contributed by atoms with van der Waals surface area (Å²) in [5.41, 5.74) is 2.07. The van der Waals surface area contributed by atoms with Crippen molar-refractivity contribution in [2.75, 3.05) is 6.54 Å². The van der Waals surface area contributed by atoms with Crippen molar-refractivity contribution in [2.45, 2.75) is 13.3 Å². The number of rotatable bonds is 5. The number of benzene rings is 1. The van der Waals surface area contributed by atoms with E-state index in [1.165, 1.54) is 4.90 Å². The lowest BCUT2D eigenvalue weighted by molar-refractivity contribution is 0.0656. The van der Waals surface area contributed by atoms with Crippen molar-refractivity contribution in [3.8, 4) is 0 Å². The van der Waals surface area contributed by atoms with Crippen LogP contribution in [-0.4, -0.2) is 23.3 Å². The molecule has 3 heteroatoms. The molecule has 1 aliphatic rings. The van der Waals surface area contributed by atoms with Crippen LogP contribution in [0.2, 0.25) is 0 Å². The average Bonchev–Trinajstić information content (AvgIpc) is 2.72. The second-order valence-corrected chi connectivity index (χ2v) is 4.52. The summed E-state index contributed by atoms with van der Waals surface area (Å²) < 4.78 is 0. The molecule has 0 fully saturated rings. The maximum absolute atomic E-state index is 12.2. The highest BCUT2D eigenvalue weighted by Crippen LogP contribution is 2.23. The van der Waals surface area contributed by atoms with Crippen LogP contribution in [0.15, 0.2) is 60.7 Å². The molecule has 0 aliphatic carbocycles. The van der Waals surface area contributed by atoms with Gasteiger partial charge in [-0.25, -0.2) is 0 Å². The van der Waals surface area contributed by atoms with Crippen molar-refractivity contribution in [2.24, 2.45) is 0 Å². The van der Waals surface area contributed by atoms with E-state index in [9.17, 15) is 9.59 Å². The highest BCUT2D eigenvalue weighted by atomic mass is 16.2. The van der Waals surface area contributed by atoms with Crippen LogP contribution in [0.1, 0.15) is 34.1 Å². The Morgan fingerprint density at radius 1 is 1.20 bits per heavy atom. The van der Waals surface area contributed by atoms with Crippen LogP contribution in [0.5, 0.6) is 0 Å². The third-order valence-corrected chi connectivity index (χ3v) is 3.32. The van der Waals surface area contributed by atoms with Gasteiger partial charge >= 0.3 is 0 Å². The van der Waals surface area contributed by atoms with Gasteiger partial charge in [0, 0.05) is 6.54 Å². The SMILES string of the molecule is C=C/C=C\C(=C/C)CCN1C(=O)c2ccccc2C1=O. The Labute approximate surface area is 118 Å². The predicted molar refractivity (Wildman–Crippen MR) is 79.5 cm³/mol. The highest BCUT2D eigenvalue weighted by molar-refractivity contribution is 6.21. The molecule has 0 unspecified atom stereocenters. The number of carbonyl (C=O) groups is 2. The summed E-state index contributed by atoms with van der Waals surface area (Å²) in [7, 11) is 0. The molecular weight excluding hydrogens is 250 g/mol. The molecule has 0 aromatic heterocycles. The van der Waals surface area contributed by atoms with Gasteiger partial charge in [0.05, 0.1) is 11.1 Å². The fourth-order valence-corrected chi connectivity index (χ4v) is 2.20. The van der Waals surface area contributed by atoms with Crippen molar-refractivity contribution in [3.63, 3.8) is 0 Å². The number of fused-ring (bicyclic) bond motifs is 1. The Hall–Kier alpha value is -2.42. The van der Waals surface area contributed by atoms with Crippen LogP contribution >= 0.6 is 0 Å². The van der Waals surface area contributed by atoms with E-state index in [1.54, 1.807) is 30.3 Å². The van der Waals surface area contributed by atoms with Gasteiger partial charge in [0.2, 0.25) is 0 Å². The first-order valence-corrected chi connectivity index (χ1v) is 6.58. The quantitative estimate of drug-likeness (QED) is 0.606. The fraction of sp³-hybridized carbons (Fsp3) is 0.176. The van der Waals surface area contributed by atoms with Crippen molar-refractivity contribution in [1.82, 2.24) is 4.90 Å². The molecule has 0 N–H and O–H groups in total. The molecule has 0 spiro atoms. The van der Waals surface area contributed by atoms with Crippen molar-refractivity contribution < 1.29 is 9.59 Å². The van der Waals surface area contributed by atoms with E-state index < -0.39 is 0 Å². The van der Waals surface area contributed by atoms with E-state index in [2.05, 4.69) is 6.58 Å². The molecule has 20 heavy (non-hydrogen) atoms. The zero-order valence-corrected chi connectivity index (χ0v) is 11.5. The largest absolute Gasteiger partial charge is 0.274 e. The van der Waals surface area contributed by atoms with E-state index in [0.717, 1.165) is 5.57 Å². The molecule has 1 aromatic rings. The van der Waals surface area contributed by atoms with Gasteiger partial charge in [0.25, 0.3) is 11.8 Å². The lowest BCUT2D eigenvalue weighted by Gasteiger charge is -2.13. The first-order chi connectivity index (χ1) is 9.69. The zero-order valence-electron chi connectivity index (χ0n) is 11.5. The minimum atomic E-state index is -0.200. The number of hydrogen-bond donors (Lipinski definition) is 0. The molecule has 0 radical (unpaired) electrons. The Balaban J connectivity index is 2.09. The summed E-state index contributed by atoms with van der Waals surface area (Å²) in [5.74, 6) is -0.400. The highest BCUT2D eigenvalue weighted by Gasteiger charge is 2.34. The molecule has 0 saturated carbocycles. The van der Waals surface area contributed by atoms with Gasteiger partial charge in [-0.05, 0) is 25.5 Å². The van der Waals surface area contributed by atoms with E-state index in [4.69, 9.17) is 0 Å². The van der Waals surface area contributed by atoms with Crippen LogP contribution in [0.4, 0.5) is 0 Å². The van der Waals surface area contributed by atoms with Crippen molar-refractivity contribution >= 4 is 11.8 Å². The maximum atomic E-state index is 12.2. The minimum Gasteiger partial charge on any atom is -0.274 e. The summed E-state index contributed by atoms with van der Waals surface area (Å²) in [6.07, 6.45) is 8.10. The third-order valence-electron chi connectivity index (χ3n) is 3.32. The first-order valence-electron chi connectivity index (χ1n) is 6.58. The Kier molecular flexibility index (Phi) is 4.31.